The first kappa shape index (κ1) is 20.5. The lowest BCUT2D eigenvalue weighted by Gasteiger charge is -2.25. The topological polar surface area (TPSA) is 75.8 Å². The Bertz CT molecular complexity index is 952. The van der Waals surface area contributed by atoms with Gasteiger partial charge in [-0.15, -0.1) is 0 Å². The highest BCUT2D eigenvalue weighted by Gasteiger charge is 2.35. The molecule has 0 spiro atoms. The molecule has 2 atom stereocenters. The number of carbonyl (C=O) groups is 1. The summed E-state index contributed by atoms with van der Waals surface area (Å²) in [5.74, 6) is -0.669. The van der Waals surface area contributed by atoms with Crippen LogP contribution in [0.15, 0.2) is 76.9 Å². The zero-order chi connectivity index (χ0) is 21.0. The summed E-state index contributed by atoms with van der Waals surface area (Å²) in [5.41, 5.74) is 3.75. The molecule has 6 heteroatoms. The molecule has 0 radical (unpaired) electrons. The average molecular weight is 391 g/mol. The Labute approximate surface area is 170 Å². The number of hydrazone groups is 1. The molecule has 0 aromatic heterocycles. The van der Waals surface area contributed by atoms with Crippen LogP contribution in [0.4, 0.5) is 5.69 Å². The number of allylic oxidation sites excluding steroid dienone is 1. The normalized spacial score (nSPS) is 17.7. The summed E-state index contributed by atoms with van der Waals surface area (Å²) in [6.45, 7) is 5.59. The van der Waals surface area contributed by atoms with Gasteiger partial charge in [-0.1, -0.05) is 68.0 Å². The third kappa shape index (κ3) is 4.26. The molecule has 6 nitrogen and oxygen atoms in total. The molecule has 2 aromatic rings. The molecule has 29 heavy (non-hydrogen) atoms. The summed E-state index contributed by atoms with van der Waals surface area (Å²) < 4.78 is 0. The maximum Gasteiger partial charge on any atom is 0.280 e. The number of benzene rings is 2. The second-order valence-corrected chi connectivity index (χ2v) is 7.21. The Balaban J connectivity index is 2.02. The van der Waals surface area contributed by atoms with Crippen molar-refractivity contribution < 1.29 is 9.72 Å². The van der Waals surface area contributed by atoms with E-state index in [1.807, 2.05) is 81.4 Å². The lowest BCUT2D eigenvalue weighted by molar-refractivity contribution is -0.484. The minimum atomic E-state index is -0.319. The first-order chi connectivity index (χ1) is 13.9. The predicted molar refractivity (Wildman–Crippen MR) is 115 cm³/mol. The number of anilines is 1. The zero-order valence-electron chi connectivity index (χ0n) is 16.9. The second kappa shape index (κ2) is 8.82. The molecule has 150 valence electrons. The van der Waals surface area contributed by atoms with Crippen LogP contribution in [-0.4, -0.2) is 23.1 Å². The molecule has 1 aliphatic heterocycles. The molecule has 0 saturated carbocycles. The minimum Gasteiger partial charge on any atom is -0.267 e. The van der Waals surface area contributed by atoms with Crippen molar-refractivity contribution in [2.45, 2.75) is 33.1 Å². The van der Waals surface area contributed by atoms with Crippen molar-refractivity contribution in [1.29, 1.82) is 0 Å². The van der Waals surface area contributed by atoms with Crippen LogP contribution >= 0.6 is 0 Å². The summed E-state index contributed by atoms with van der Waals surface area (Å²) in [6, 6.07) is 18.8. The van der Waals surface area contributed by atoms with Crippen LogP contribution in [0.5, 0.6) is 0 Å². The monoisotopic (exact) mass is 391 g/mol. The molecule has 0 bridgehead atoms. The van der Waals surface area contributed by atoms with Gasteiger partial charge in [-0.25, -0.2) is 0 Å². The van der Waals surface area contributed by atoms with Gasteiger partial charge in [0.15, 0.2) is 0 Å². The van der Waals surface area contributed by atoms with Crippen molar-refractivity contribution in [3.63, 3.8) is 0 Å². The molecule has 0 fully saturated rings. The molecule has 0 unspecified atom stereocenters. The number of carbonyl (C=O) groups excluding carboxylic acids is 1. The molecular formula is C23H25N3O3. The predicted octanol–water partition coefficient (Wildman–Crippen LogP) is 4.81. The van der Waals surface area contributed by atoms with Crippen molar-refractivity contribution in [3.8, 4) is 0 Å². The van der Waals surface area contributed by atoms with E-state index in [1.165, 1.54) is 5.01 Å². The van der Waals surface area contributed by atoms with E-state index in [4.69, 9.17) is 0 Å². The molecule has 0 N–H and O–H groups in total. The molecule has 0 aliphatic carbocycles. The highest BCUT2D eigenvalue weighted by molar-refractivity contribution is 6.30. The first-order valence-electron chi connectivity index (χ1n) is 9.78. The Morgan fingerprint density at radius 3 is 2.24 bits per heavy atom. The molecule has 1 amide bonds. The second-order valence-electron chi connectivity index (χ2n) is 7.21. The summed E-state index contributed by atoms with van der Waals surface area (Å²) >= 11 is 0. The van der Waals surface area contributed by atoms with E-state index in [2.05, 4.69) is 5.10 Å². The summed E-state index contributed by atoms with van der Waals surface area (Å²) in [5, 5.41) is 17.3. The zero-order valence-corrected chi connectivity index (χ0v) is 16.9. The van der Waals surface area contributed by atoms with Gasteiger partial charge in [0, 0.05) is 4.92 Å². The van der Waals surface area contributed by atoms with Gasteiger partial charge >= 0.3 is 0 Å². The van der Waals surface area contributed by atoms with Crippen LogP contribution in [0.2, 0.25) is 0 Å². The van der Waals surface area contributed by atoms with E-state index >= 15 is 0 Å². The van der Waals surface area contributed by atoms with Crippen LogP contribution in [0.25, 0.3) is 0 Å². The van der Waals surface area contributed by atoms with Crippen molar-refractivity contribution >= 4 is 17.3 Å². The molecule has 2 aromatic carbocycles. The first-order valence-corrected chi connectivity index (χ1v) is 9.78. The van der Waals surface area contributed by atoms with E-state index in [0.29, 0.717) is 23.4 Å². The number of nitrogens with zero attached hydrogens (tertiary/aromatic N) is 3. The lowest BCUT2D eigenvalue weighted by Crippen LogP contribution is -2.26. The SMILES string of the molecule is CC/C(=C1/C(=O)N(c2ccccc2)N=C1C)[C@H](C)[C@@H](C[N+](=O)[O-])c1ccccc1. The van der Waals surface area contributed by atoms with Gasteiger partial charge in [0.25, 0.3) is 5.91 Å². The number of hydrogen-bond donors (Lipinski definition) is 0. The van der Waals surface area contributed by atoms with Gasteiger partial charge in [-0.3, -0.25) is 14.9 Å². The van der Waals surface area contributed by atoms with Gasteiger partial charge < -0.3 is 0 Å². The molecule has 0 saturated heterocycles. The molecular weight excluding hydrogens is 366 g/mol. The fourth-order valence-electron chi connectivity index (χ4n) is 4.00. The Morgan fingerprint density at radius 1 is 1.10 bits per heavy atom. The van der Waals surface area contributed by atoms with Crippen molar-refractivity contribution in [1.82, 2.24) is 0 Å². The average Bonchev–Trinajstić information content (AvgIpc) is 3.02. The number of amides is 1. The maximum absolute atomic E-state index is 13.2. The Kier molecular flexibility index (Phi) is 6.22. The standard InChI is InChI=1S/C23H25N3O3/c1-4-20(16(2)21(15-25(28)29)18-11-7-5-8-12-18)22-17(3)24-26(23(22)27)19-13-9-6-10-14-19/h5-14,16,21H,4,15H2,1-3H3/b22-20-/t16-,21+/m0/s1. The highest BCUT2D eigenvalue weighted by Crippen LogP contribution is 2.36. The molecule has 1 aliphatic rings. The fourth-order valence-corrected chi connectivity index (χ4v) is 4.00. The van der Waals surface area contributed by atoms with Crippen molar-refractivity contribution in [3.05, 3.63) is 87.5 Å². The van der Waals surface area contributed by atoms with Crippen molar-refractivity contribution in [2.24, 2.45) is 11.0 Å². The van der Waals surface area contributed by atoms with E-state index in [0.717, 1.165) is 11.1 Å². The summed E-state index contributed by atoms with van der Waals surface area (Å²) in [7, 11) is 0. The van der Waals surface area contributed by atoms with E-state index in [9.17, 15) is 14.9 Å². The lowest BCUT2D eigenvalue weighted by atomic mass is 9.79. The van der Waals surface area contributed by atoms with Gasteiger partial charge in [0.2, 0.25) is 6.54 Å². The summed E-state index contributed by atoms with van der Waals surface area (Å²) in [6.07, 6.45) is 0.624. The number of hydrogen-bond acceptors (Lipinski definition) is 4. The van der Waals surface area contributed by atoms with Crippen molar-refractivity contribution in [2.75, 3.05) is 11.6 Å². The maximum atomic E-state index is 13.2. The van der Waals surface area contributed by atoms with Crippen LogP contribution in [0.1, 0.15) is 38.7 Å². The van der Waals surface area contributed by atoms with Gasteiger partial charge in [-0.2, -0.15) is 10.1 Å². The largest absolute Gasteiger partial charge is 0.280 e. The smallest absolute Gasteiger partial charge is 0.267 e. The van der Waals surface area contributed by atoms with Crippen LogP contribution < -0.4 is 5.01 Å². The van der Waals surface area contributed by atoms with Crippen LogP contribution in [0.3, 0.4) is 0 Å². The van der Waals surface area contributed by atoms with Gasteiger partial charge in [-0.05, 0) is 37.0 Å². The highest BCUT2D eigenvalue weighted by atomic mass is 16.6. The third-order valence-corrected chi connectivity index (χ3v) is 5.45. The number of rotatable bonds is 7. The van der Waals surface area contributed by atoms with E-state index < -0.39 is 0 Å². The Hall–Kier alpha value is -3.28. The van der Waals surface area contributed by atoms with E-state index in [1.54, 1.807) is 0 Å². The fraction of sp³-hybridized carbons (Fsp3) is 0.304. The number of nitro groups is 1. The van der Waals surface area contributed by atoms with Gasteiger partial charge in [0.05, 0.1) is 22.9 Å². The Morgan fingerprint density at radius 2 is 1.69 bits per heavy atom. The minimum absolute atomic E-state index is 0.173. The van der Waals surface area contributed by atoms with Gasteiger partial charge in [0.1, 0.15) is 0 Å². The van der Waals surface area contributed by atoms with E-state index in [-0.39, 0.29) is 29.2 Å². The number of para-hydroxylation sites is 1. The van der Waals surface area contributed by atoms with Crippen LogP contribution in [0, 0.1) is 16.0 Å². The molecule has 1 heterocycles. The third-order valence-electron chi connectivity index (χ3n) is 5.45. The van der Waals surface area contributed by atoms with Crippen LogP contribution in [-0.2, 0) is 4.79 Å². The quantitative estimate of drug-likeness (QED) is 0.386. The molecule has 3 rings (SSSR count). The summed E-state index contributed by atoms with van der Waals surface area (Å²) in [4.78, 5) is 24.3.